The van der Waals surface area contributed by atoms with E-state index in [1.807, 2.05) is 0 Å². The van der Waals surface area contributed by atoms with Gasteiger partial charge in [0.25, 0.3) is 5.56 Å². The average Bonchev–Trinajstić information content (AvgIpc) is 3.62. The molecular formula is C18H24N10O12P2. The van der Waals surface area contributed by atoms with Crippen molar-refractivity contribution in [1.82, 2.24) is 39.5 Å². The number of rotatable bonds is 10. The summed E-state index contributed by atoms with van der Waals surface area (Å²) >= 11 is 0. The Kier molecular flexibility index (Phi) is 7.89. The second-order valence-corrected chi connectivity index (χ2v) is 11.8. The van der Waals surface area contributed by atoms with E-state index < -0.39 is 70.7 Å². The van der Waals surface area contributed by atoms with Crippen LogP contribution in [0.3, 0.4) is 0 Å². The van der Waals surface area contributed by atoms with Gasteiger partial charge in [-0.05, 0) is 6.07 Å². The van der Waals surface area contributed by atoms with Crippen LogP contribution in [0.5, 0.6) is 0 Å². The quantitative estimate of drug-likeness (QED) is 0.0604. The van der Waals surface area contributed by atoms with Crippen molar-refractivity contribution < 1.29 is 53.1 Å². The standard InChI is InChI=1S/C18H24N10O12P2/c19-12-8-6(1-2-21-12)28(26-25-8)16(32)18(33,4-38-41(34)35)40-42(36,37)11-10(30)7(3-29)39-15(11)27-5-22-9-13(27)23-17(20)24-14(9)31/h1-2,5,7,10-11,15-16,29-30,32-33,41H,3-4H2,(H2,19,21)(H,34,35)(H,36,37)(H3,20,23,24,31)/t7-,10-,11-,15-,16-,18-/m1/s1. The molecule has 0 aromatic carbocycles. The third-order valence-corrected chi connectivity index (χ3v) is 8.65. The molecule has 11 N–H and O–H groups in total. The zero-order chi connectivity index (χ0) is 30.6. The molecule has 0 aliphatic carbocycles. The Balaban J connectivity index is 1.57. The highest BCUT2D eigenvalue weighted by Crippen LogP contribution is 2.60. The molecule has 228 valence electrons. The number of hydrogen-bond acceptors (Lipinski definition) is 17. The molecular weight excluding hydrogens is 610 g/mol. The Morgan fingerprint density at radius 2 is 2.05 bits per heavy atom. The third-order valence-electron chi connectivity index (χ3n) is 6.36. The summed E-state index contributed by atoms with van der Waals surface area (Å²) in [4.78, 5) is 46.5. The van der Waals surface area contributed by atoms with Crippen LogP contribution in [0.2, 0.25) is 0 Å². The molecule has 8 atom stereocenters. The third kappa shape index (κ3) is 5.18. The topological polar surface area (TPSA) is 342 Å². The predicted molar refractivity (Wildman–Crippen MR) is 137 cm³/mol. The zero-order valence-corrected chi connectivity index (χ0v) is 22.8. The van der Waals surface area contributed by atoms with E-state index in [1.165, 1.54) is 12.3 Å². The molecule has 0 radical (unpaired) electrons. The largest absolute Gasteiger partial charge is 0.394 e. The van der Waals surface area contributed by atoms with Gasteiger partial charge in [-0.3, -0.25) is 28.0 Å². The highest BCUT2D eigenvalue weighted by Gasteiger charge is 2.58. The van der Waals surface area contributed by atoms with Gasteiger partial charge in [-0.25, -0.2) is 14.6 Å². The Labute approximate surface area is 232 Å². The monoisotopic (exact) mass is 634 g/mol. The van der Waals surface area contributed by atoms with Crippen LogP contribution in [0, 0.1) is 0 Å². The molecule has 0 spiro atoms. The number of aromatic amines is 1. The Morgan fingerprint density at radius 1 is 1.31 bits per heavy atom. The van der Waals surface area contributed by atoms with Crippen molar-refractivity contribution >= 4 is 49.8 Å². The fraction of sp³-hybridized carbons (Fsp3) is 0.444. The molecule has 0 amide bonds. The number of fused-ring (bicyclic) bond motifs is 2. The van der Waals surface area contributed by atoms with Crippen LogP contribution in [-0.2, 0) is 22.9 Å². The summed E-state index contributed by atoms with van der Waals surface area (Å²) in [5.41, 5.74) is 7.94. The first-order chi connectivity index (χ1) is 19.8. The van der Waals surface area contributed by atoms with Gasteiger partial charge < -0.3 is 50.9 Å². The van der Waals surface area contributed by atoms with Crippen LogP contribution in [0.15, 0.2) is 23.4 Å². The minimum Gasteiger partial charge on any atom is -0.394 e. The number of nitrogens with two attached hydrogens (primary N) is 2. The molecule has 5 heterocycles. The number of nitrogens with zero attached hydrogens (tertiary/aromatic N) is 7. The zero-order valence-electron chi connectivity index (χ0n) is 20.9. The number of aromatic nitrogens is 8. The smallest absolute Gasteiger partial charge is 0.341 e. The lowest BCUT2D eigenvalue weighted by Crippen LogP contribution is -2.47. The van der Waals surface area contributed by atoms with Gasteiger partial charge in [0, 0.05) is 6.20 Å². The fourth-order valence-electron chi connectivity index (χ4n) is 4.45. The van der Waals surface area contributed by atoms with E-state index in [0.29, 0.717) is 4.68 Å². The number of ether oxygens (including phenoxy) is 1. The van der Waals surface area contributed by atoms with E-state index in [-0.39, 0.29) is 34.0 Å². The highest BCUT2D eigenvalue weighted by atomic mass is 31.2. The van der Waals surface area contributed by atoms with Crippen LogP contribution in [0.25, 0.3) is 22.2 Å². The second kappa shape index (κ2) is 11.0. The van der Waals surface area contributed by atoms with E-state index >= 15 is 0 Å². The maximum atomic E-state index is 13.8. The first kappa shape index (κ1) is 30.1. The molecule has 0 bridgehead atoms. The van der Waals surface area contributed by atoms with Crippen LogP contribution >= 0.6 is 15.9 Å². The number of nitrogen functional groups attached to an aromatic ring is 2. The number of imidazole rings is 1. The van der Waals surface area contributed by atoms with Gasteiger partial charge in [-0.15, -0.1) is 5.10 Å². The normalized spacial score (nSPS) is 25.4. The van der Waals surface area contributed by atoms with Gasteiger partial charge in [0.05, 0.1) is 18.5 Å². The van der Waals surface area contributed by atoms with Gasteiger partial charge in [0.15, 0.2) is 28.7 Å². The molecule has 1 saturated heterocycles. The van der Waals surface area contributed by atoms with Crippen LogP contribution in [0.4, 0.5) is 11.8 Å². The van der Waals surface area contributed by atoms with Gasteiger partial charge in [-0.2, -0.15) is 4.98 Å². The van der Waals surface area contributed by atoms with Crippen LogP contribution in [-0.4, -0.2) is 107 Å². The van der Waals surface area contributed by atoms with Gasteiger partial charge in [0.1, 0.15) is 24.5 Å². The van der Waals surface area contributed by atoms with E-state index in [4.69, 9.17) is 20.7 Å². The minimum atomic E-state index is -5.49. The predicted octanol–water partition coefficient (Wildman–Crippen LogP) is -3.48. The number of H-pyrrole nitrogens is 1. The second-order valence-electron chi connectivity index (χ2n) is 9.03. The Bertz CT molecular complexity index is 1760. The first-order valence-corrected chi connectivity index (χ1v) is 14.6. The summed E-state index contributed by atoms with van der Waals surface area (Å²) in [5.74, 6) is -3.80. The number of pyridine rings is 1. The number of nitrogens with one attached hydrogen (secondary N) is 1. The molecule has 0 saturated carbocycles. The van der Waals surface area contributed by atoms with Crippen molar-refractivity contribution in [2.45, 2.75) is 36.1 Å². The molecule has 1 fully saturated rings. The molecule has 4 aromatic heterocycles. The van der Waals surface area contributed by atoms with Crippen molar-refractivity contribution in [1.29, 1.82) is 0 Å². The number of hydrogen-bond donors (Lipinski definition) is 9. The lowest BCUT2D eigenvalue weighted by molar-refractivity contribution is -0.251. The van der Waals surface area contributed by atoms with E-state index in [0.717, 1.165) is 10.9 Å². The summed E-state index contributed by atoms with van der Waals surface area (Å²) in [6.07, 6.45) is -5.46. The first-order valence-electron chi connectivity index (χ1n) is 11.7. The van der Waals surface area contributed by atoms with Gasteiger partial charge in [0.2, 0.25) is 18.0 Å². The molecule has 22 nitrogen and oxygen atoms in total. The van der Waals surface area contributed by atoms with Crippen molar-refractivity contribution in [2.24, 2.45) is 0 Å². The lowest BCUT2D eigenvalue weighted by Gasteiger charge is -2.36. The molecule has 24 heteroatoms. The number of aliphatic hydroxyl groups is 4. The molecule has 2 unspecified atom stereocenters. The summed E-state index contributed by atoms with van der Waals surface area (Å²) in [6, 6.07) is 1.27. The van der Waals surface area contributed by atoms with Gasteiger partial charge in [-0.1, -0.05) is 5.21 Å². The van der Waals surface area contributed by atoms with Crippen molar-refractivity contribution in [3.8, 4) is 0 Å². The SMILES string of the molecule is Nc1nc2c(ncn2[C@@H]2O[C@H](CO)[C@@H](O)[C@H]2P(=O)(O)O[C@](O)(CO[PH](=O)O)[C@@H](O)n2nnc3c(N)nccc32)c(=O)[nH]1. The molecule has 5 rings (SSSR count). The number of anilines is 2. The Morgan fingerprint density at radius 3 is 2.74 bits per heavy atom. The molecule has 4 aromatic rings. The van der Waals surface area contributed by atoms with Gasteiger partial charge >= 0.3 is 15.9 Å². The maximum Gasteiger partial charge on any atom is 0.341 e. The van der Waals surface area contributed by atoms with Crippen LogP contribution in [0.1, 0.15) is 12.5 Å². The van der Waals surface area contributed by atoms with E-state index in [9.17, 15) is 44.1 Å². The fourth-order valence-corrected chi connectivity index (χ4v) is 6.62. The highest BCUT2D eigenvalue weighted by molar-refractivity contribution is 7.53. The van der Waals surface area contributed by atoms with Crippen molar-refractivity contribution in [2.75, 3.05) is 24.7 Å². The minimum absolute atomic E-state index is 0.0392. The Hall–Kier alpha value is -3.40. The van der Waals surface area contributed by atoms with E-state index in [1.54, 1.807) is 0 Å². The molecule has 1 aliphatic rings. The van der Waals surface area contributed by atoms with E-state index in [2.05, 4.69) is 34.8 Å². The average molecular weight is 634 g/mol. The maximum absolute atomic E-state index is 13.8. The van der Waals surface area contributed by atoms with Crippen LogP contribution < -0.4 is 17.0 Å². The summed E-state index contributed by atoms with van der Waals surface area (Å²) in [7, 11) is -9.31. The lowest BCUT2D eigenvalue weighted by atomic mass is 10.2. The summed E-state index contributed by atoms with van der Waals surface area (Å²) in [5, 5.41) is 50.4. The number of aliphatic hydroxyl groups excluding tert-OH is 3. The van der Waals surface area contributed by atoms with Crippen molar-refractivity contribution in [3.05, 3.63) is 28.9 Å². The molecule has 42 heavy (non-hydrogen) atoms. The van der Waals surface area contributed by atoms with Crippen molar-refractivity contribution in [3.63, 3.8) is 0 Å². The summed E-state index contributed by atoms with van der Waals surface area (Å²) < 4.78 is 42.0. The molecule has 1 aliphatic heterocycles. The summed E-state index contributed by atoms with van der Waals surface area (Å²) in [6.45, 7) is -2.24.